The molecule has 1 aliphatic rings. The quantitative estimate of drug-likeness (QED) is 0.513. The van der Waals surface area contributed by atoms with Crippen molar-refractivity contribution < 1.29 is 9.53 Å². The minimum absolute atomic E-state index is 0.0307. The van der Waals surface area contributed by atoms with Gasteiger partial charge in [0.15, 0.2) is 11.6 Å². The molecule has 0 bridgehead atoms. The molecule has 1 aliphatic heterocycles. The van der Waals surface area contributed by atoms with Gasteiger partial charge in [0, 0.05) is 18.6 Å². The van der Waals surface area contributed by atoms with Crippen LogP contribution in [0.1, 0.15) is 44.2 Å². The number of carbonyl (C=O) groups is 1. The second-order valence-electron chi connectivity index (χ2n) is 6.24. The van der Waals surface area contributed by atoms with Crippen molar-refractivity contribution >= 4 is 23.0 Å². The monoisotopic (exact) mass is 353 g/mol. The van der Waals surface area contributed by atoms with Crippen LogP contribution in [0, 0.1) is 5.41 Å². The van der Waals surface area contributed by atoms with Gasteiger partial charge in [-0.2, -0.15) is 0 Å². The van der Waals surface area contributed by atoms with E-state index in [0.717, 1.165) is 36.1 Å². The van der Waals surface area contributed by atoms with E-state index in [2.05, 4.69) is 18.5 Å². The SMILES string of the molecule is C=CC(=O)C(=N)Cc1cccc(C2=NCC(OCC)C(CCCC)=N2)c1. The first kappa shape index (κ1) is 19.9. The summed E-state index contributed by atoms with van der Waals surface area (Å²) in [5.41, 5.74) is 2.89. The zero-order valence-electron chi connectivity index (χ0n) is 15.6. The molecule has 1 heterocycles. The van der Waals surface area contributed by atoms with Crippen LogP contribution < -0.4 is 0 Å². The Labute approximate surface area is 155 Å². The fourth-order valence-electron chi connectivity index (χ4n) is 2.83. The number of ketones is 1. The molecule has 5 nitrogen and oxygen atoms in total. The van der Waals surface area contributed by atoms with E-state index in [1.54, 1.807) is 0 Å². The molecule has 26 heavy (non-hydrogen) atoms. The van der Waals surface area contributed by atoms with Gasteiger partial charge in [-0.25, -0.2) is 4.99 Å². The average molecular weight is 353 g/mol. The van der Waals surface area contributed by atoms with Crippen molar-refractivity contribution in [3.8, 4) is 0 Å². The van der Waals surface area contributed by atoms with Crippen molar-refractivity contribution in [2.24, 2.45) is 9.98 Å². The number of hydrogen-bond acceptors (Lipinski definition) is 5. The smallest absolute Gasteiger partial charge is 0.199 e. The first-order chi connectivity index (χ1) is 12.6. The summed E-state index contributed by atoms with van der Waals surface area (Å²) in [5, 5.41) is 7.83. The van der Waals surface area contributed by atoms with Gasteiger partial charge in [0.25, 0.3) is 0 Å². The number of unbranched alkanes of at least 4 members (excludes halogenated alkanes) is 1. The van der Waals surface area contributed by atoms with E-state index in [1.165, 1.54) is 6.08 Å². The Bertz CT molecular complexity index is 735. The number of aliphatic imine (C=N–C) groups is 2. The predicted octanol–water partition coefficient (Wildman–Crippen LogP) is 3.80. The standard InChI is InChI=1S/C21H27N3O2/c1-4-7-11-18-20(26-6-3)14-23-21(24-18)16-10-8-9-15(12-16)13-17(22)19(25)5-2/h5,8-10,12,20,22H,2,4,6-7,11,13-14H2,1,3H3. The van der Waals surface area contributed by atoms with Gasteiger partial charge in [-0.1, -0.05) is 38.1 Å². The summed E-state index contributed by atoms with van der Waals surface area (Å²) < 4.78 is 5.78. The van der Waals surface area contributed by atoms with Gasteiger partial charge in [-0.05, 0) is 37.5 Å². The molecule has 1 N–H and O–H groups in total. The number of allylic oxidation sites excluding steroid dienone is 1. The van der Waals surface area contributed by atoms with Crippen molar-refractivity contribution in [1.29, 1.82) is 5.41 Å². The number of ether oxygens (including phenoxy) is 1. The Kier molecular flexibility index (Phi) is 7.60. The van der Waals surface area contributed by atoms with Gasteiger partial charge in [-0.3, -0.25) is 9.79 Å². The third-order valence-corrected chi connectivity index (χ3v) is 4.23. The summed E-state index contributed by atoms with van der Waals surface area (Å²) in [7, 11) is 0. The molecule has 0 amide bonds. The van der Waals surface area contributed by atoms with Crippen LogP contribution in [0.5, 0.6) is 0 Å². The molecule has 1 atom stereocenters. The van der Waals surface area contributed by atoms with Gasteiger partial charge in [0.1, 0.15) is 6.10 Å². The third-order valence-electron chi connectivity index (χ3n) is 4.23. The molecule has 0 radical (unpaired) electrons. The van der Waals surface area contributed by atoms with Crippen molar-refractivity contribution in [2.75, 3.05) is 13.2 Å². The summed E-state index contributed by atoms with van der Waals surface area (Å²) in [6, 6.07) is 7.73. The molecular formula is C21H27N3O2. The fourth-order valence-corrected chi connectivity index (χ4v) is 2.83. The number of nitrogens with zero attached hydrogens (tertiary/aromatic N) is 2. The molecule has 0 saturated carbocycles. The highest BCUT2D eigenvalue weighted by atomic mass is 16.5. The molecule has 0 spiro atoms. The van der Waals surface area contributed by atoms with Crippen molar-refractivity contribution in [3.63, 3.8) is 0 Å². The molecule has 1 unspecified atom stereocenters. The lowest BCUT2D eigenvalue weighted by atomic mass is 10.0. The van der Waals surface area contributed by atoms with Crippen LogP contribution in [-0.2, 0) is 16.0 Å². The second-order valence-corrected chi connectivity index (χ2v) is 6.24. The van der Waals surface area contributed by atoms with Crippen LogP contribution in [0.4, 0.5) is 0 Å². The number of benzene rings is 1. The Morgan fingerprint density at radius 3 is 2.92 bits per heavy atom. The molecule has 0 saturated heterocycles. The van der Waals surface area contributed by atoms with Crippen LogP contribution >= 0.6 is 0 Å². The van der Waals surface area contributed by atoms with Gasteiger partial charge in [-0.15, -0.1) is 0 Å². The number of rotatable bonds is 10. The number of amidine groups is 1. The Morgan fingerprint density at radius 2 is 2.23 bits per heavy atom. The molecule has 2 rings (SSSR count). The maximum Gasteiger partial charge on any atom is 0.199 e. The van der Waals surface area contributed by atoms with E-state index < -0.39 is 0 Å². The van der Waals surface area contributed by atoms with Crippen molar-refractivity contribution in [1.82, 2.24) is 0 Å². The normalized spacial score (nSPS) is 16.6. The van der Waals surface area contributed by atoms with Gasteiger partial charge in [0.2, 0.25) is 0 Å². The topological polar surface area (TPSA) is 74.9 Å². The zero-order chi connectivity index (χ0) is 18.9. The minimum Gasteiger partial charge on any atom is -0.371 e. The van der Waals surface area contributed by atoms with E-state index in [1.807, 2.05) is 31.2 Å². The van der Waals surface area contributed by atoms with E-state index in [9.17, 15) is 4.79 Å². The van der Waals surface area contributed by atoms with Crippen LogP contribution in [-0.4, -0.2) is 42.3 Å². The average Bonchev–Trinajstić information content (AvgIpc) is 2.66. The summed E-state index contributed by atoms with van der Waals surface area (Å²) in [6.07, 6.45) is 4.53. The maximum absolute atomic E-state index is 11.5. The van der Waals surface area contributed by atoms with E-state index in [4.69, 9.17) is 15.1 Å². The first-order valence-corrected chi connectivity index (χ1v) is 9.16. The van der Waals surface area contributed by atoms with Crippen LogP contribution in [0.25, 0.3) is 0 Å². The molecule has 0 fully saturated rings. The van der Waals surface area contributed by atoms with E-state index >= 15 is 0 Å². The lowest BCUT2D eigenvalue weighted by Crippen LogP contribution is -2.32. The highest BCUT2D eigenvalue weighted by molar-refractivity contribution is 6.43. The van der Waals surface area contributed by atoms with Gasteiger partial charge < -0.3 is 10.1 Å². The van der Waals surface area contributed by atoms with E-state index in [-0.39, 0.29) is 24.0 Å². The highest BCUT2D eigenvalue weighted by Gasteiger charge is 2.21. The number of carbonyl (C=O) groups excluding carboxylic acids is 1. The summed E-state index contributed by atoms with van der Waals surface area (Å²) in [5.74, 6) is 0.361. The molecule has 0 aromatic heterocycles. The third kappa shape index (κ3) is 5.30. The van der Waals surface area contributed by atoms with Crippen molar-refractivity contribution in [2.45, 2.75) is 45.6 Å². The summed E-state index contributed by atoms with van der Waals surface area (Å²) >= 11 is 0. The Balaban J connectivity index is 2.20. The Morgan fingerprint density at radius 1 is 1.42 bits per heavy atom. The van der Waals surface area contributed by atoms with Crippen molar-refractivity contribution in [3.05, 3.63) is 48.0 Å². The number of hydrogen-bond donors (Lipinski definition) is 1. The number of nitrogens with one attached hydrogen (secondary N) is 1. The van der Waals surface area contributed by atoms with Crippen LogP contribution in [0.3, 0.4) is 0 Å². The molecule has 138 valence electrons. The minimum atomic E-state index is -0.343. The molecule has 5 heteroatoms. The van der Waals surface area contributed by atoms with Crippen LogP contribution in [0.15, 0.2) is 46.9 Å². The summed E-state index contributed by atoms with van der Waals surface area (Å²) in [6.45, 7) is 8.81. The van der Waals surface area contributed by atoms with Gasteiger partial charge in [0.05, 0.1) is 18.0 Å². The molecule has 1 aromatic rings. The van der Waals surface area contributed by atoms with Gasteiger partial charge >= 0.3 is 0 Å². The second kappa shape index (κ2) is 9.92. The predicted molar refractivity (Wildman–Crippen MR) is 107 cm³/mol. The summed E-state index contributed by atoms with van der Waals surface area (Å²) in [4.78, 5) is 20.9. The first-order valence-electron chi connectivity index (χ1n) is 9.16. The van der Waals surface area contributed by atoms with E-state index in [0.29, 0.717) is 19.0 Å². The fraction of sp³-hybridized carbons (Fsp3) is 0.429. The maximum atomic E-state index is 11.5. The Hall–Kier alpha value is -2.40. The molecule has 1 aromatic carbocycles. The molecular weight excluding hydrogens is 326 g/mol. The largest absolute Gasteiger partial charge is 0.371 e. The lowest BCUT2D eigenvalue weighted by Gasteiger charge is -2.22. The molecule has 0 aliphatic carbocycles. The van der Waals surface area contributed by atoms with Crippen LogP contribution in [0.2, 0.25) is 0 Å². The lowest BCUT2D eigenvalue weighted by molar-refractivity contribution is -0.109. The zero-order valence-corrected chi connectivity index (χ0v) is 15.6. The highest BCUT2D eigenvalue weighted by Crippen LogP contribution is 2.16.